The van der Waals surface area contributed by atoms with Crippen LogP contribution in [0.2, 0.25) is 0 Å². The zero-order valence-electron chi connectivity index (χ0n) is 17.2. The second-order valence-electron chi connectivity index (χ2n) is 8.16. The van der Waals surface area contributed by atoms with E-state index in [1.54, 1.807) is 0 Å². The predicted molar refractivity (Wildman–Crippen MR) is 112 cm³/mol. The number of aryl methyl sites for hydroxylation is 1. The van der Waals surface area contributed by atoms with Crippen molar-refractivity contribution in [2.24, 2.45) is 11.8 Å². The van der Waals surface area contributed by atoms with Crippen molar-refractivity contribution in [2.75, 3.05) is 19.7 Å². The first kappa shape index (κ1) is 21.2. The molecular formula is C22H34N2O3S. The summed E-state index contributed by atoms with van der Waals surface area (Å²) in [5, 5.41) is 3.20. The van der Waals surface area contributed by atoms with Gasteiger partial charge in [0.25, 0.3) is 0 Å². The Hall–Kier alpha value is -1.56. The fourth-order valence-corrected chi connectivity index (χ4v) is 5.50. The molecule has 2 aliphatic rings. The van der Waals surface area contributed by atoms with Crippen molar-refractivity contribution < 1.29 is 14.3 Å². The highest BCUT2D eigenvalue weighted by Gasteiger charge is 2.30. The molecule has 0 unspecified atom stereocenters. The number of amides is 2. The number of carbonyl (C=O) groups is 2. The van der Waals surface area contributed by atoms with Crippen LogP contribution in [0, 0.1) is 18.8 Å². The van der Waals surface area contributed by atoms with Gasteiger partial charge in [0.15, 0.2) is 0 Å². The van der Waals surface area contributed by atoms with Gasteiger partial charge in [0, 0.05) is 22.8 Å². The van der Waals surface area contributed by atoms with Crippen molar-refractivity contribution in [3.63, 3.8) is 0 Å². The molecule has 0 bridgehead atoms. The molecule has 1 saturated carbocycles. The van der Waals surface area contributed by atoms with Crippen LogP contribution >= 0.6 is 11.3 Å². The normalized spacial score (nSPS) is 25.8. The molecular weight excluding hydrogens is 372 g/mol. The number of nitrogens with zero attached hydrogens (tertiary/aromatic N) is 1. The zero-order valence-corrected chi connectivity index (χ0v) is 18.1. The summed E-state index contributed by atoms with van der Waals surface area (Å²) in [6, 6.07) is 4.63. The van der Waals surface area contributed by atoms with E-state index < -0.39 is 0 Å². The van der Waals surface area contributed by atoms with Crippen LogP contribution in [-0.2, 0) is 9.53 Å². The van der Waals surface area contributed by atoms with Gasteiger partial charge in [-0.15, -0.1) is 11.3 Å². The maximum absolute atomic E-state index is 13.0. The van der Waals surface area contributed by atoms with Crippen LogP contribution in [0.1, 0.15) is 74.1 Å². The lowest BCUT2D eigenvalue weighted by Crippen LogP contribution is -2.44. The standard InChI is InChI=1S/C22H34N2O3S/c1-3-27-21(25)18-11-9-17(10-12-18)15-23-22(26)24-14-6-4-5-7-19(24)20-13-8-16(2)28-20/h8,13,17-19H,3-7,9-12,14-15H2,1-2H3,(H,23,26)/t17?,18?,19-/m1/s1. The molecule has 0 spiro atoms. The second-order valence-corrected chi connectivity index (χ2v) is 9.48. The van der Waals surface area contributed by atoms with Gasteiger partial charge in [-0.1, -0.05) is 12.8 Å². The van der Waals surface area contributed by atoms with E-state index in [0.29, 0.717) is 19.1 Å². The van der Waals surface area contributed by atoms with Gasteiger partial charge in [-0.05, 0) is 70.4 Å². The number of ether oxygens (including phenoxy) is 1. The minimum absolute atomic E-state index is 0.0453. The van der Waals surface area contributed by atoms with Gasteiger partial charge >= 0.3 is 12.0 Å². The van der Waals surface area contributed by atoms with Crippen LogP contribution in [0.15, 0.2) is 12.1 Å². The van der Waals surface area contributed by atoms with E-state index in [2.05, 4.69) is 29.3 Å². The van der Waals surface area contributed by atoms with E-state index in [9.17, 15) is 9.59 Å². The van der Waals surface area contributed by atoms with Gasteiger partial charge < -0.3 is 15.0 Å². The Bertz CT molecular complexity index is 652. The minimum atomic E-state index is -0.0522. The fourth-order valence-electron chi connectivity index (χ4n) is 4.48. The number of carbonyl (C=O) groups excluding carboxylic acids is 2. The first-order chi connectivity index (χ1) is 13.6. The molecule has 0 aromatic carbocycles. The Morgan fingerprint density at radius 3 is 2.61 bits per heavy atom. The van der Waals surface area contributed by atoms with E-state index in [1.807, 2.05) is 18.3 Å². The summed E-state index contributed by atoms with van der Waals surface area (Å²) in [6.07, 6.45) is 8.23. The predicted octanol–water partition coefficient (Wildman–Crippen LogP) is 5.05. The minimum Gasteiger partial charge on any atom is -0.466 e. The number of urea groups is 1. The molecule has 1 aliphatic heterocycles. The van der Waals surface area contributed by atoms with E-state index in [0.717, 1.165) is 45.1 Å². The molecule has 1 saturated heterocycles. The maximum Gasteiger partial charge on any atom is 0.317 e. The summed E-state index contributed by atoms with van der Waals surface area (Å²) < 4.78 is 5.15. The van der Waals surface area contributed by atoms with Crippen molar-refractivity contribution in [3.8, 4) is 0 Å². The average molecular weight is 407 g/mol. The fraction of sp³-hybridized carbons (Fsp3) is 0.727. The number of hydrogen-bond acceptors (Lipinski definition) is 4. The molecule has 2 amide bonds. The lowest BCUT2D eigenvalue weighted by Gasteiger charge is -2.31. The molecule has 5 nitrogen and oxygen atoms in total. The summed E-state index contributed by atoms with van der Waals surface area (Å²) >= 11 is 1.81. The molecule has 28 heavy (non-hydrogen) atoms. The highest BCUT2D eigenvalue weighted by molar-refractivity contribution is 7.12. The number of thiophene rings is 1. The molecule has 1 N–H and O–H groups in total. The van der Waals surface area contributed by atoms with Gasteiger partial charge in [-0.3, -0.25) is 4.79 Å². The number of rotatable bonds is 5. The van der Waals surface area contributed by atoms with Crippen molar-refractivity contribution in [1.29, 1.82) is 0 Å². The van der Waals surface area contributed by atoms with Crippen LogP contribution in [0.25, 0.3) is 0 Å². The molecule has 6 heteroatoms. The average Bonchev–Trinajstić information content (AvgIpc) is 2.98. The van der Waals surface area contributed by atoms with E-state index in [1.165, 1.54) is 22.6 Å². The molecule has 2 heterocycles. The van der Waals surface area contributed by atoms with Gasteiger partial charge in [0.2, 0.25) is 0 Å². The van der Waals surface area contributed by atoms with Crippen molar-refractivity contribution >= 4 is 23.3 Å². The third-order valence-corrected chi connectivity index (χ3v) is 7.21. The number of likely N-dealkylation sites (tertiary alicyclic amines) is 1. The van der Waals surface area contributed by atoms with Gasteiger partial charge in [0.05, 0.1) is 18.6 Å². The highest BCUT2D eigenvalue weighted by atomic mass is 32.1. The SMILES string of the molecule is CCOC(=O)C1CCC(CNC(=O)N2CCCCC[C@@H]2c2ccc(C)s2)CC1. The Labute approximate surface area is 172 Å². The first-order valence-electron chi connectivity index (χ1n) is 10.9. The van der Waals surface area contributed by atoms with Gasteiger partial charge in [0.1, 0.15) is 0 Å². The maximum atomic E-state index is 13.0. The van der Waals surface area contributed by atoms with Crippen molar-refractivity contribution in [1.82, 2.24) is 10.2 Å². The van der Waals surface area contributed by atoms with Crippen LogP contribution < -0.4 is 5.32 Å². The molecule has 0 radical (unpaired) electrons. The van der Waals surface area contributed by atoms with Crippen LogP contribution in [0.4, 0.5) is 4.79 Å². The van der Waals surface area contributed by atoms with Gasteiger partial charge in [-0.2, -0.15) is 0 Å². The second kappa shape index (κ2) is 10.3. The molecule has 1 aromatic heterocycles. The summed E-state index contributed by atoms with van der Waals surface area (Å²) in [6.45, 7) is 5.98. The molecule has 3 rings (SSSR count). The lowest BCUT2D eigenvalue weighted by molar-refractivity contribution is -0.149. The molecule has 1 atom stereocenters. The molecule has 2 fully saturated rings. The van der Waals surface area contributed by atoms with E-state index >= 15 is 0 Å². The van der Waals surface area contributed by atoms with Crippen LogP contribution in [-0.4, -0.2) is 36.6 Å². The van der Waals surface area contributed by atoms with E-state index in [4.69, 9.17) is 4.74 Å². The largest absolute Gasteiger partial charge is 0.466 e. The smallest absolute Gasteiger partial charge is 0.317 e. The number of hydrogen-bond donors (Lipinski definition) is 1. The van der Waals surface area contributed by atoms with Crippen molar-refractivity contribution in [2.45, 2.75) is 71.3 Å². The first-order valence-corrected chi connectivity index (χ1v) is 11.7. The zero-order chi connectivity index (χ0) is 19.9. The Kier molecular flexibility index (Phi) is 7.77. The Morgan fingerprint density at radius 1 is 1.14 bits per heavy atom. The van der Waals surface area contributed by atoms with Gasteiger partial charge in [-0.25, -0.2) is 4.79 Å². The summed E-state index contributed by atoms with van der Waals surface area (Å²) in [7, 11) is 0. The summed E-state index contributed by atoms with van der Waals surface area (Å²) in [5.74, 6) is 0.455. The summed E-state index contributed by atoms with van der Waals surface area (Å²) in [4.78, 5) is 29.5. The van der Waals surface area contributed by atoms with E-state index in [-0.39, 0.29) is 24.0 Å². The Morgan fingerprint density at radius 2 is 1.93 bits per heavy atom. The lowest BCUT2D eigenvalue weighted by atomic mass is 9.82. The quantitative estimate of drug-likeness (QED) is 0.696. The number of nitrogens with one attached hydrogen (secondary N) is 1. The topological polar surface area (TPSA) is 58.6 Å². The molecule has 1 aromatic rings. The van der Waals surface area contributed by atoms with Crippen LogP contribution in [0.5, 0.6) is 0 Å². The third kappa shape index (κ3) is 5.49. The molecule has 156 valence electrons. The van der Waals surface area contributed by atoms with Crippen LogP contribution in [0.3, 0.4) is 0 Å². The Balaban J connectivity index is 1.51. The van der Waals surface area contributed by atoms with Crippen molar-refractivity contribution in [3.05, 3.63) is 21.9 Å². The monoisotopic (exact) mass is 406 g/mol. The third-order valence-electron chi connectivity index (χ3n) is 6.11. The summed E-state index contributed by atoms with van der Waals surface area (Å²) in [5.41, 5.74) is 0. The highest BCUT2D eigenvalue weighted by Crippen LogP contribution is 2.34. The number of esters is 1. The molecule has 1 aliphatic carbocycles.